The lowest BCUT2D eigenvalue weighted by molar-refractivity contribution is -0.120. The standard InChI is InChI=1S/C22H24N2O3S/c1-3-27-17-8-6-16(7-9-17)24-21(25)19(18-5-4-14-28-18)20(22(24)26)23-12-10-15(2)11-13-23/h4-9,14-15H,3,10-13H2,1-2H3. The third-order valence-corrected chi connectivity index (χ3v) is 6.22. The number of amides is 2. The lowest BCUT2D eigenvalue weighted by Gasteiger charge is -2.32. The van der Waals surface area contributed by atoms with Gasteiger partial charge in [-0.15, -0.1) is 11.3 Å². The minimum absolute atomic E-state index is 0.230. The van der Waals surface area contributed by atoms with E-state index in [1.54, 1.807) is 24.3 Å². The molecule has 0 aliphatic carbocycles. The van der Waals surface area contributed by atoms with E-state index in [9.17, 15) is 9.59 Å². The van der Waals surface area contributed by atoms with Crippen LogP contribution in [0.2, 0.25) is 0 Å². The molecule has 2 amide bonds. The molecule has 2 aliphatic heterocycles. The highest BCUT2D eigenvalue weighted by Gasteiger charge is 2.43. The maximum Gasteiger partial charge on any atom is 0.282 e. The Morgan fingerprint density at radius 1 is 1.07 bits per heavy atom. The van der Waals surface area contributed by atoms with Crippen molar-refractivity contribution in [1.29, 1.82) is 0 Å². The molecule has 1 aromatic heterocycles. The van der Waals surface area contributed by atoms with E-state index >= 15 is 0 Å². The van der Waals surface area contributed by atoms with E-state index in [4.69, 9.17) is 4.74 Å². The van der Waals surface area contributed by atoms with Crippen molar-refractivity contribution in [3.05, 3.63) is 52.4 Å². The molecule has 2 aromatic rings. The number of carbonyl (C=O) groups is 2. The Balaban J connectivity index is 1.71. The first-order valence-electron chi connectivity index (χ1n) is 9.75. The summed E-state index contributed by atoms with van der Waals surface area (Å²) < 4.78 is 5.48. The maximum absolute atomic E-state index is 13.4. The molecule has 0 N–H and O–H groups in total. The summed E-state index contributed by atoms with van der Waals surface area (Å²) in [6, 6.07) is 11.0. The van der Waals surface area contributed by atoms with E-state index < -0.39 is 0 Å². The number of hydrogen-bond donors (Lipinski definition) is 0. The Kier molecular flexibility index (Phi) is 5.22. The zero-order valence-electron chi connectivity index (χ0n) is 16.2. The van der Waals surface area contributed by atoms with Crippen LogP contribution in [0.1, 0.15) is 31.6 Å². The van der Waals surface area contributed by atoms with Gasteiger partial charge in [-0.2, -0.15) is 0 Å². The fraction of sp³-hybridized carbons (Fsp3) is 0.364. The Bertz CT molecular complexity index is 894. The van der Waals surface area contributed by atoms with Gasteiger partial charge in [0.15, 0.2) is 0 Å². The van der Waals surface area contributed by atoms with Crippen LogP contribution in [0, 0.1) is 5.92 Å². The number of likely N-dealkylation sites (tertiary alicyclic amines) is 1. The molecule has 3 heterocycles. The molecule has 1 saturated heterocycles. The average molecular weight is 397 g/mol. The number of imide groups is 1. The van der Waals surface area contributed by atoms with Gasteiger partial charge in [0.05, 0.1) is 17.9 Å². The van der Waals surface area contributed by atoms with Crippen molar-refractivity contribution in [3.8, 4) is 5.75 Å². The molecular weight excluding hydrogens is 372 g/mol. The van der Waals surface area contributed by atoms with Crippen LogP contribution < -0.4 is 9.64 Å². The Labute approximate surface area is 169 Å². The van der Waals surface area contributed by atoms with Crippen LogP contribution in [-0.2, 0) is 9.59 Å². The second kappa shape index (κ2) is 7.80. The maximum atomic E-state index is 13.4. The highest BCUT2D eigenvalue weighted by molar-refractivity contribution is 7.11. The number of piperidine rings is 1. The molecule has 1 fully saturated rings. The zero-order valence-corrected chi connectivity index (χ0v) is 17.0. The van der Waals surface area contributed by atoms with Gasteiger partial charge in [0.25, 0.3) is 11.8 Å². The van der Waals surface area contributed by atoms with Gasteiger partial charge in [-0.1, -0.05) is 13.0 Å². The monoisotopic (exact) mass is 396 g/mol. The number of ether oxygens (including phenoxy) is 1. The van der Waals surface area contributed by atoms with E-state index in [0.29, 0.717) is 29.5 Å². The summed E-state index contributed by atoms with van der Waals surface area (Å²) in [6.07, 6.45) is 2.07. The highest BCUT2D eigenvalue weighted by Crippen LogP contribution is 2.38. The van der Waals surface area contributed by atoms with E-state index in [1.165, 1.54) is 16.2 Å². The normalized spacial score (nSPS) is 18.4. The van der Waals surface area contributed by atoms with Crippen LogP contribution in [0.25, 0.3) is 5.57 Å². The second-order valence-corrected chi connectivity index (χ2v) is 8.19. The molecule has 0 unspecified atom stereocenters. The molecule has 146 valence electrons. The highest BCUT2D eigenvalue weighted by atomic mass is 32.1. The summed E-state index contributed by atoms with van der Waals surface area (Å²) in [4.78, 5) is 31.0. The first kappa shape index (κ1) is 18.7. The van der Waals surface area contributed by atoms with Crippen molar-refractivity contribution in [1.82, 2.24) is 4.90 Å². The Morgan fingerprint density at radius 3 is 2.39 bits per heavy atom. The molecule has 0 radical (unpaired) electrons. The van der Waals surface area contributed by atoms with Gasteiger partial charge < -0.3 is 9.64 Å². The predicted molar refractivity (Wildman–Crippen MR) is 111 cm³/mol. The van der Waals surface area contributed by atoms with Crippen LogP contribution in [0.4, 0.5) is 5.69 Å². The van der Waals surface area contributed by atoms with Gasteiger partial charge in [0.1, 0.15) is 11.4 Å². The first-order valence-corrected chi connectivity index (χ1v) is 10.6. The minimum atomic E-state index is -0.245. The lowest BCUT2D eigenvalue weighted by Crippen LogP contribution is -2.38. The lowest BCUT2D eigenvalue weighted by atomic mass is 9.98. The third kappa shape index (κ3) is 3.33. The Hall–Kier alpha value is -2.60. The fourth-order valence-corrected chi connectivity index (χ4v) is 4.54. The molecule has 0 saturated carbocycles. The molecule has 5 nitrogen and oxygen atoms in total. The van der Waals surface area contributed by atoms with Crippen molar-refractivity contribution < 1.29 is 14.3 Å². The van der Waals surface area contributed by atoms with E-state index in [0.717, 1.165) is 36.6 Å². The van der Waals surface area contributed by atoms with Crippen molar-refractivity contribution in [2.24, 2.45) is 5.92 Å². The summed E-state index contributed by atoms with van der Waals surface area (Å²) in [5, 5.41) is 1.94. The van der Waals surface area contributed by atoms with Gasteiger partial charge in [-0.05, 0) is 61.4 Å². The molecule has 6 heteroatoms. The number of rotatable bonds is 5. The molecule has 0 atom stereocenters. The summed E-state index contributed by atoms with van der Waals surface area (Å²) in [5.41, 5.74) is 1.66. The molecule has 4 rings (SSSR count). The second-order valence-electron chi connectivity index (χ2n) is 7.24. The van der Waals surface area contributed by atoms with Crippen LogP contribution >= 0.6 is 11.3 Å². The fourth-order valence-electron chi connectivity index (χ4n) is 3.78. The van der Waals surface area contributed by atoms with Gasteiger partial charge in [-0.3, -0.25) is 9.59 Å². The van der Waals surface area contributed by atoms with Crippen LogP contribution in [-0.4, -0.2) is 36.4 Å². The smallest absolute Gasteiger partial charge is 0.282 e. The third-order valence-electron chi connectivity index (χ3n) is 5.33. The number of hydrogen-bond acceptors (Lipinski definition) is 5. The van der Waals surface area contributed by atoms with Crippen LogP contribution in [0.5, 0.6) is 5.75 Å². The summed E-state index contributed by atoms with van der Waals surface area (Å²) >= 11 is 1.50. The number of anilines is 1. The summed E-state index contributed by atoms with van der Waals surface area (Å²) in [5.74, 6) is 0.899. The molecule has 1 aromatic carbocycles. The quantitative estimate of drug-likeness (QED) is 0.712. The molecule has 0 bridgehead atoms. The van der Waals surface area contributed by atoms with Crippen LogP contribution in [0.15, 0.2) is 47.5 Å². The van der Waals surface area contributed by atoms with E-state index in [-0.39, 0.29) is 11.8 Å². The van der Waals surface area contributed by atoms with Crippen molar-refractivity contribution in [2.45, 2.75) is 26.7 Å². The van der Waals surface area contributed by atoms with Crippen molar-refractivity contribution in [2.75, 3.05) is 24.6 Å². The van der Waals surface area contributed by atoms with Crippen molar-refractivity contribution >= 4 is 34.4 Å². The van der Waals surface area contributed by atoms with Gasteiger partial charge >= 0.3 is 0 Å². The number of carbonyl (C=O) groups excluding carboxylic acids is 2. The van der Waals surface area contributed by atoms with Crippen LogP contribution in [0.3, 0.4) is 0 Å². The van der Waals surface area contributed by atoms with Gasteiger partial charge in [-0.25, -0.2) is 4.90 Å². The minimum Gasteiger partial charge on any atom is -0.494 e. The predicted octanol–water partition coefficient (Wildman–Crippen LogP) is 4.16. The number of nitrogens with zero attached hydrogens (tertiary/aromatic N) is 2. The van der Waals surface area contributed by atoms with Gasteiger partial charge in [0, 0.05) is 18.0 Å². The first-order chi connectivity index (χ1) is 13.6. The number of thiophene rings is 1. The zero-order chi connectivity index (χ0) is 19.7. The topological polar surface area (TPSA) is 49.9 Å². The molecule has 0 spiro atoms. The van der Waals surface area contributed by atoms with Crippen molar-refractivity contribution in [3.63, 3.8) is 0 Å². The summed E-state index contributed by atoms with van der Waals surface area (Å²) in [6.45, 7) is 6.34. The molecule has 28 heavy (non-hydrogen) atoms. The SMILES string of the molecule is CCOc1ccc(N2C(=O)C(c3cccs3)=C(N3CCC(C)CC3)C2=O)cc1. The average Bonchev–Trinajstić information content (AvgIpc) is 3.30. The summed E-state index contributed by atoms with van der Waals surface area (Å²) in [7, 11) is 0. The van der Waals surface area contributed by atoms with E-state index in [2.05, 4.69) is 11.8 Å². The largest absolute Gasteiger partial charge is 0.494 e. The van der Waals surface area contributed by atoms with Gasteiger partial charge in [0.2, 0.25) is 0 Å². The number of benzene rings is 1. The molecular formula is C22H24N2O3S. The molecule has 2 aliphatic rings. The van der Waals surface area contributed by atoms with E-state index in [1.807, 2.05) is 24.4 Å². The Morgan fingerprint density at radius 2 is 1.79 bits per heavy atom.